The number of nitrogens with zero attached hydrogens (tertiary/aromatic N) is 6. The summed E-state index contributed by atoms with van der Waals surface area (Å²) in [4.78, 5) is 31.3. The summed E-state index contributed by atoms with van der Waals surface area (Å²) in [5.74, 6) is -0.508. The molecule has 3 fully saturated rings. The predicted octanol–water partition coefficient (Wildman–Crippen LogP) is 0.808. The second kappa shape index (κ2) is 11.7. The molecule has 2 saturated heterocycles. The molecule has 45 heavy (non-hydrogen) atoms. The number of thiol groups is 1. The van der Waals surface area contributed by atoms with E-state index in [9.17, 15) is 19.0 Å². The number of ether oxygens (including phenoxy) is 2. The van der Waals surface area contributed by atoms with E-state index in [2.05, 4.69) is 37.2 Å². The van der Waals surface area contributed by atoms with Crippen LogP contribution in [0.4, 0.5) is 11.8 Å². The van der Waals surface area contributed by atoms with Gasteiger partial charge in [0, 0.05) is 19.2 Å². The third-order valence-corrected chi connectivity index (χ3v) is 10.7. The first-order valence-corrected chi connectivity index (χ1v) is 17.6. The van der Waals surface area contributed by atoms with E-state index in [1.165, 1.54) is 24.3 Å². The molecular weight excluding hydrogens is 656 g/mol. The first-order chi connectivity index (χ1) is 21.5. The van der Waals surface area contributed by atoms with E-state index in [1.54, 1.807) is 16.8 Å². The number of fused-ring (bicyclic) bond motifs is 5. The molecule has 242 valence electrons. The van der Waals surface area contributed by atoms with Crippen LogP contribution in [0.2, 0.25) is 0 Å². The number of aliphatic hydroxyl groups excluding tert-OH is 1. The van der Waals surface area contributed by atoms with Gasteiger partial charge in [-0.3, -0.25) is 23.4 Å². The van der Waals surface area contributed by atoms with E-state index in [0.29, 0.717) is 11.0 Å². The summed E-state index contributed by atoms with van der Waals surface area (Å²) in [5, 5.41) is 12.0. The highest BCUT2D eigenvalue weighted by atomic mass is 32.7. The summed E-state index contributed by atoms with van der Waals surface area (Å²) in [6.45, 7) is -4.74. The summed E-state index contributed by atoms with van der Waals surface area (Å²) >= 11 is 4.23. The van der Waals surface area contributed by atoms with Crippen LogP contribution >= 0.6 is 27.3 Å². The number of hydrogen-bond acceptors (Lipinski definition) is 16. The molecule has 1 saturated carbocycles. The fourth-order valence-corrected chi connectivity index (χ4v) is 8.63. The molecule has 2 bridgehead atoms. The zero-order valence-corrected chi connectivity index (χ0v) is 26.2. The number of H-pyrrole nitrogens is 1. The lowest BCUT2D eigenvalue weighted by atomic mass is 10.1. The Bertz CT molecular complexity index is 1890. The maximum atomic E-state index is 13.7. The zero-order valence-electron chi connectivity index (χ0n) is 23.4. The van der Waals surface area contributed by atoms with Crippen molar-refractivity contribution in [1.29, 1.82) is 0 Å². The minimum absolute atomic E-state index is 0.0246. The molecule has 6 N–H and O–H groups in total. The van der Waals surface area contributed by atoms with Crippen molar-refractivity contribution in [3.63, 3.8) is 0 Å². The molecule has 0 amide bonds. The van der Waals surface area contributed by atoms with Crippen LogP contribution in [0.5, 0.6) is 0 Å². The van der Waals surface area contributed by atoms with Gasteiger partial charge in [-0.1, -0.05) is 12.2 Å². The first-order valence-electron chi connectivity index (χ1n) is 13.7. The number of nitrogens with two attached hydrogens (primary N) is 2. The highest BCUT2D eigenvalue weighted by Crippen LogP contribution is 2.58. The van der Waals surface area contributed by atoms with Crippen LogP contribution in [0.15, 0.2) is 29.7 Å². The number of rotatable bonds is 3. The normalized spacial score (nSPS) is 36.0. The lowest BCUT2D eigenvalue weighted by Gasteiger charge is -2.27. The molecule has 10 atom stereocenters. The third-order valence-electron chi connectivity index (χ3n) is 8.22. The molecular formula is C23H29N9O10P2S. The highest BCUT2D eigenvalue weighted by Gasteiger charge is 2.52. The van der Waals surface area contributed by atoms with Gasteiger partial charge >= 0.3 is 15.1 Å². The molecule has 0 spiro atoms. The van der Waals surface area contributed by atoms with E-state index >= 15 is 0 Å². The maximum Gasteiger partial charge on any atom is 0.386 e. The molecule has 4 aromatic heterocycles. The van der Waals surface area contributed by atoms with Gasteiger partial charge < -0.3 is 44.2 Å². The average molecular weight is 686 g/mol. The molecule has 19 nitrogen and oxygen atoms in total. The van der Waals surface area contributed by atoms with Crippen molar-refractivity contribution in [3.8, 4) is 0 Å². The van der Waals surface area contributed by atoms with Crippen molar-refractivity contribution in [1.82, 2.24) is 34.1 Å². The van der Waals surface area contributed by atoms with Crippen LogP contribution in [-0.4, -0.2) is 90.0 Å². The SMILES string of the molecule is CO[C@H]1[C@H]2O[P@](=O)(S)OC[C@H]3C[C@@H](n4ccc5c(N)ncnc54)[C@H](O)[C@@H]3O[PH](=O)OC[C@H]1O[C@H]2n1cnc2c(=O)[nH]c(N)nc21. The van der Waals surface area contributed by atoms with Crippen molar-refractivity contribution in [3.05, 3.63) is 35.3 Å². The van der Waals surface area contributed by atoms with Gasteiger partial charge in [-0.05, 0) is 12.5 Å². The van der Waals surface area contributed by atoms with Crippen LogP contribution in [0, 0.1) is 5.92 Å². The van der Waals surface area contributed by atoms with Crippen molar-refractivity contribution in [2.45, 2.75) is 49.2 Å². The van der Waals surface area contributed by atoms with Gasteiger partial charge in [-0.25, -0.2) is 19.5 Å². The lowest BCUT2D eigenvalue weighted by molar-refractivity contribution is -0.0537. The van der Waals surface area contributed by atoms with Gasteiger partial charge in [0.15, 0.2) is 17.4 Å². The number of aromatic nitrogens is 7. The molecule has 3 aliphatic rings. The summed E-state index contributed by atoms with van der Waals surface area (Å²) in [7, 11) is -1.86. The van der Waals surface area contributed by atoms with Crippen LogP contribution in [0.25, 0.3) is 22.2 Å². The molecule has 0 radical (unpaired) electrons. The van der Waals surface area contributed by atoms with Gasteiger partial charge in [-0.15, -0.1) is 0 Å². The fraction of sp³-hybridized carbons (Fsp3) is 0.522. The Morgan fingerprint density at radius 3 is 2.82 bits per heavy atom. The molecule has 0 aromatic carbocycles. The largest absolute Gasteiger partial charge is 0.388 e. The number of nitrogens with one attached hydrogen (secondary N) is 1. The van der Waals surface area contributed by atoms with Crippen molar-refractivity contribution in [2.24, 2.45) is 5.92 Å². The standard InChI is InChI=1S/C23H29N9O10P2S/c1-37-16-12-6-38-43(35)41-15-9(4-11(14(15)33)31-3-2-10-18(24)26-7-27-19(10)31)5-39-44(36,45)42-17(16)22(40-12)32-8-28-13-20(32)29-23(25)30-21(13)34/h2-3,7-9,11-12,14-17,22,33,43H,4-6H2,1H3,(H,36,45)(H2,24,26,27)(H3,25,29,30,34)/t9-,11-,12-,14+,15-,16-,17-,22-,44-/m1/s1. The number of aliphatic hydroxyl groups is 1. The van der Waals surface area contributed by atoms with Crippen LogP contribution in [-0.2, 0) is 36.7 Å². The van der Waals surface area contributed by atoms with Gasteiger partial charge in [0.1, 0.15) is 42.2 Å². The zero-order chi connectivity index (χ0) is 31.6. The van der Waals surface area contributed by atoms with E-state index in [-0.39, 0.29) is 42.6 Å². The van der Waals surface area contributed by atoms with Crippen molar-refractivity contribution >= 4 is 61.3 Å². The third kappa shape index (κ3) is 5.48. The van der Waals surface area contributed by atoms with Crippen molar-refractivity contribution < 1.29 is 41.8 Å². The van der Waals surface area contributed by atoms with Crippen LogP contribution in [0.3, 0.4) is 0 Å². The van der Waals surface area contributed by atoms with Gasteiger partial charge in [-0.2, -0.15) is 4.98 Å². The summed E-state index contributed by atoms with van der Waals surface area (Å²) in [5.41, 5.74) is 11.7. The van der Waals surface area contributed by atoms with Gasteiger partial charge in [0.2, 0.25) is 5.95 Å². The lowest BCUT2D eigenvalue weighted by Crippen LogP contribution is -2.36. The maximum absolute atomic E-state index is 13.7. The Kier molecular flexibility index (Phi) is 8.00. The number of hydrogen-bond donors (Lipinski definition) is 5. The number of nitrogen functional groups attached to an aromatic ring is 2. The van der Waals surface area contributed by atoms with E-state index < -0.39 is 69.3 Å². The smallest absolute Gasteiger partial charge is 0.386 e. The Balaban J connectivity index is 1.20. The fourth-order valence-electron chi connectivity index (χ4n) is 6.21. The Hall–Kier alpha value is -2.90. The summed E-state index contributed by atoms with van der Waals surface area (Å²) in [6, 6.07) is 1.13. The molecule has 1 unspecified atom stereocenters. The number of aromatic amines is 1. The Labute approximate surface area is 259 Å². The van der Waals surface area contributed by atoms with Gasteiger partial charge in [0.05, 0.1) is 37.1 Å². The monoisotopic (exact) mass is 685 g/mol. The Morgan fingerprint density at radius 2 is 2.02 bits per heavy atom. The predicted molar refractivity (Wildman–Crippen MR) is 160 cm³/mol. The topological polar surface area (TPSA) is 256 Å². The minimum atomic E-state index is -4.18. The van der Waals surface area contributed by atoms with Crippen molar-refractivity contribution in [2.75, 3.05) is 31.8 Å². The summed E-state index contributed by atoms with van der Waals surface area (Å²) in [6.07, 6.45) is -1.83. The molecule has 4 aromatic rings. The van der Waals surface area contributed by atoms with Crippen LogP contribution in [0.1, 0.15) is 18.7 Å². The number of imidazole rings is 1. The van der Waals surface area contributed by atoms with Crippen LogP contribution < -0.4 is 17.0 Å². The van der Waals surface area contributed by atoms with E-state index in [1.807, 2.05) is 0 Å². The van der Waals surface area contributed by atoms with E-state index in [0.717, 1.165) is 0 Å². The molecule has 7 rings (SSSR count). The molecule has 6 heterocycles. The average Bonchev–Trinajstić information content (AvgIpc) is 3.75. The quantitative estimate of drug-likeness (QED) is 0.148. The number of methoxy groups -OCH3 is 1. The number of anilines is 2. The molecule has 1 aliphatic carbocycles. The summed E-state index contributed by atoms with van der Waals surface area (Å²) < 4.78 is 64.9. The highest BCUT2D eigenvalue weighted by molar-refractivity contribution is 8.44. The van der Waals surface area contributed by atoms with E-state index in [4.69, 9.17) is 39.0 Å². The molecule has 2 aliphatic heterocycles. The Morgan fingerprint density at radius 1 is 1.20 bits per heavy atom. The minimum Gasteiger partial charge on any atom is -0.388 e. The first kappa shape index (κ1) is 30.7. The van der Waals surface area contributed by atoms with Gasteiger partial charge in [0.25, 0.3) is 5.56 Å². The second-order valence-electron chi connectivity index (χ2n) is 10.8. The second-order valence-corrected chi connectivity index (χ2v) is 14.7. The molecule has 22 heteroatoms.